The molecule has 8 heteroatoms. The Morgan fingerprint density at radius 1 is 1.12 bits per heavy atom. The highest BCUT2D eigenvalue weighted by molar-refractivity contribution is 6.48. The third-order valence-electron chi connectivity index (χ3n) is 6.45. The van der Waals surface area contributed by atoms with Gasteiger partial charge in [-0.3, -0.25) is 14.4 Å². The zero-order valence-electron chi connectivity index (χ0n) is 20.5. The van der Waals surface area contributed by atoms with Crippen molar-refractivity contribution in [1.29, 1.82) is 0 Å². The summed E-state index contributed by atoms with van der Waals surface area (Å²) in [6, 6.07) is 8.90. The normalized spacial score (nSPS) is 21.5. The maximum Gasteiger partial charge on any atom is 0.325 e. The summed E-state index contributed by atoms with van der Waals surface area (Å²) in [4.78, 5) is 39.7. The number of β-lactam (4-membered cyclic amide) rings is 1. The monoisotopic (exact) mass is 463 g/mol. The van der Waals surface area contributed by atoms with Gasteiger partial charge in [0.1, 0.15) is 13.2 Å². The van der Waals surface area contributed by atoms with Crippen LogP contribution in [0.5, 0.6) is 0 Å². The number of carbonyl (C=O) groups is 3. The zero-order valence-corrected chi connectivity index (χ0v) is 21.7. The molecule has 1 aromatic rings. The lowest BCUT2D eigenvalue weighted by Gasteiger charge is -2.59. The Morgan fingerprint density at radius 3 is 2.22 bits per heavy atom. The minimum Gasteiger partial charge on any atom is -0.468 e. The SMILES string of the molecule is COC(=O)CN1C(=O)[C@H]([C@@](C)(O[SiH](C)C)C(C)(C)C)[C@H]1[C@H](C)C(=O)OCc1ccccc1. The first kappa shape index (κ1) is 26.1. The molecule has 7 nitrogen and oxygen atoms in total. The van der Waals surface area contributed by atoms with Crippen molar-refractivity contribution < 1.29 is 28.3 Å². The van der Waals surface area contributed by atoms with Crippen molar-refractivity contribution in [2.45, 2.75) is 66.0 Å². The smallest absolute Gasteiger partial charge is 0.325 e. The van der Waals surface area contributed by atoms with Crippen LogP contribution in [0.4, 0.5) is 0 Å². The van der Waals surface area contributed by atoms with E-state index in [4.69, 9.17) is 13.9 Å². The number of ether oxygens (including phenoxy) is 2. The minimum atomic E-state index is -1.53. The summed E-state index contributed by atoms with van der Waals surface area (Å²) in [5.41, 5.74) is -0.279. The van der Waals surface area contributed by atoms with E-state index < -0.39 is 44.5 Å². The van der Waals surface area contributed by atoms with Crippen LogP contribution in [0.25, 0.3) is 0 Å². The summed E-state index contributed by atoms with van der Waals surface area (Å²) < 4.78 is 16.8. The molecule has 1 aliphatic heterocycles. The van der Waals surface area contributed by atoms with E-state index in [-0.39, 0.29) is 24.5 Å². The van der Waals surface area contributed by atoms with Gasteiger partial charge in [-0.05, 0) is 37.9 Å². The molecule has 0 bridgehead atoms. The predicted molar refractivity (Wildman–Crippen MR) is 124 cm³/mol. The number of methoxy groups -OCH3 is 1. The Kier molecular flexibility index (Phi) is 8.28. The van der Waals surface area contributed by atoms with E-state index in [9.17, 15) is 14.4 Å². The molecule has 1 fully saturated rings. The Bertz CT molecular complexity index is 822. The second-order valence-electron chi connectivity index (χ2n) is 9.92. The number of rotatable bonds is 9. The molecule has 0 unspecified atom stereocenters. The lowest BCUT2D eigenvalue weighted by atomic mass is 9.61. The van der Waals surface area contributed by atoms with E-state index in [1.165, 1.54) is 12.0 Å². The number of carbonyl (C=O) groups excluding carboxylic acids is 3. The van der Waals surface area contributed by atoms with Crippen molar-refractivity contribution in [1.82, 2.24) is 4.90 Å². The van der Waals surface area contributed by atoms with Crippen molar-refractivity contribution in [3.63, 3.8) is 0 Å². The molecule has 1 heterocycles. The number of likely N-dealkylation sites (tertiary alicyclic amines) is 1. The van der Waals surface area contributed by atoms with E-state index in [1.54, 1.807) is 6.92 Å². The molecule has 1 amide bonds. The lowest BCUT2D eigenvalue weighted by Crippen LogP contribution is -2.74. The highest BCUT2D eigenvalue weighted by Crippen LogP contribution is 2.49. The molecule has 0 saturated carbocycles. The van der Waals surface area contributed by atoms with Crippen LogP contribution in [0.15, 0.2) is 30.3 Å². The topological polar surface area (TPSA) is 82.1 Å². The Hall–Kier alpha value is -2.19. The van der Waals surface area contributed by atoms with Gasteiger partial charge in [0.25, 0.3) is 0 Å². The largest absolute Gasteiger partial charge is 0.468 e. The predicted octanol–water partition coefficient (Wildman–Crippen LogP) is 3.17. The van der Waals surface area contributed by atoms with Gasteiger partial charge in [0, 0.05) is 0 Å². The number of amides is 1. The van der Waals surface area contributed by atoms with E-state index in [0.29, 0.717) is 0 Å². The molecule has 0 aliphatic carbocycles. The minimum absolute atomic E-state index is 0.151. The summed E-state index contributed by atoms with van der Waals surface area (Å²) >= 11 is 0. The number of esters is 2. The van der Waals surface area contributed by atoms with Crippen LogP contribution in [-0.4, -0.2) is 57.1 Å². The van der Waals surface area contributed by atoms with Crippen LogP contribution >= 0.6 is 0 Å². The number of hydrogen-bond acceptors (Lipinski definition) is 6. The van der Waals surface area contributed by atoms with Crippen molar-refractivity contribution in [3.8, 4) is 0 Å². The quantitative estimate of drug-likeness (QED) is 0.318. The van der Waals surface area contributed by atoms with Gasteiger partial charge in [-0.2, -0.15) is 0 Å². The molecule has 4 atom stereocenters. The molecule has 1 aromatic carbocycles. The van der Waals surface area contributed by atoms with Gasteiger partial charge in [0.2, 0.25) is 5.91 Å². The van der Waals surface area contributed by atoms with Gasteiger partial charge < -0.3 is 18.8 Å². The molecular formula is C24H37NO6Si. The first-order valence-corrected chi connectivity index (χ1v) is 13.9. The van der Waals surface area contributed by atoms with Crippen molar-refractivity contribution in [2.24, 2.45) is 17.3 Å². The second-order valence-corrected chi connectivity index (χ2v) is 12.2. The standard InChI is InChI=1S/C24H37NO6Si/c1-16(22(28)30-15-17-12-10-9-11-13-17)20-19(21(27)25(20)14-18(26)29-6)24(5,23(2,3)4)31-32(7)8/h9-13,16,19-20,32H,14-15H2,1-8H3/t16-,19+,20+,24+/m0/s1. The van der Waals surface area contributed by atoms with Crippen LogP contribution in [0.2, 0.25) is 13.1 Å². The molecule has 32 heavy (non-hydrogen) atoms. The van der Waals surface area contributed by atoms with Gasteiger partial charge >= 0.3 is 11.9 Å². The summed E-state index contributed by atoms with van der Waals surface area (Å²) in [7, 11) is -0.249. The van der Waals surface area contributed by atoms with Gasteiger partial charge in [-0.15, -0.1) is 0 Å². The lowest BCUT2D eigenvalue weighted by molar-refractivity contribution is -0.197. The van der Waals surface area contributed by atoms with Crippen LogP contribution in [0.1, 0.15) is 40.2 Å². The first-order valence-electron chi connectivity index (χ1n) is 11.1. The van der Waals surface area contributed by atoms with Gasteiger partial charge in [-0.1, -0.05) is 51.1 Å². The van der Waals surface area contributed by atoms with Gasteiger partial charge in [0.15, 0.2) is 9.04 Å². The maximum absolute atomic E-state index is 13.3. The molecule has 0 spiro atoms. The van der Waals surface area contributed by atoms with Crippen LogP contribution < -0.4 is 0 Å². The fourth-order valence-electron chi connectivity index (χ4n) is 4.28. The highest BCUT2D eigenvalue weighted by Gasteiger charge is 2.63. The van der Waals surface area contributed by atoms with Crippen LogP contribution in [0.3, 0.4) is 0 Å². The second kappa shape index (κ2) is 10.2. The first-order chi connectivity index (χ1) is 14.8. The molecule has 0 radical (unpaired) electrons. The summed E-state index contributed by atoms with van der Waals surface area (Å²) in [6.45, 7) is 13.9. The molecule has 1 saturated heterocycles. The highest BCUT2D eigenvalue weighted by atomic mass is 28.3. The Balaban J connectivity index is 2.33. The average molecular weight is 464 g/mol. The third-order valence-corrected chi connectivity index (χ3v) is 7.41. The van der Waals surface area contributed by atoms with E-state index >= 15 is 0 Å². The van der Waals surface area contributed by atoms with Gasteiger partial charge in [0.05, 0.1) is 30.6 Å². The Labute approximate surface area is 193 Å². The zero-order chi connectivity index (χ0) is 24.3. The molecule has 0 N–H and O–H groups in total. The van der Waals surface area contributed by atoms with Gasteiger partial charge in [-0.25, -0.2) is 0 Å². The maximum atomic E-state index is 13.3. The molecular weight excluding hydrogens is 426 g/mol. The molecule has 1 aliphatic rings. The van der Waals surface area contributed by atoms with Crippen molar-refractivity contribution in [2.75, 3.05) is 13.7 Å². The number of benzene rings is 1. The third kappa shape index (κ3) is 5.40. The van der Waals surface area contributed by atoms with E-state index in [1.807, 2.05) is 58.0 Å². The van der Waals surface area contributed by atoms with Crippen LogP contribution in [0, 0.1) is 17.3 Å². The van der Waals surface area contributed by atoms with Crippen molar-refractivity contribution >= 4 is 26.9 Å². The average Bonchev–Trinajstić information content (AvgIpc) is 2.72. The molecule has 0 aromatic heterocycles. The molecule has 178 valence electrons. The summed E-state index contributed by atoms with van der Waals surface area (Å²) in [6.07, 6.45) is 0. The molecule has 2 rings (SSSR count). The van der Waals surface area contributed by atoms with E-state index in [2.05, 4.69) is 13.1 Å². The number of nitrogens with zero attached hydrogens (tertiary/aromatic N) is 1. The van der Waals surface area contributed by atoms with Crippen LogP contribution in [-0.2, 0) is 34.9 Å². The van der Waals surface area contributed by atoms with E-state index in [0.717, 1.165) is 5.56 Å². The fraction of sp³-hybridized carbons (Fsp3) is 0.625. The summed E-state index contributed by atoms with van der Waals surface area (Å²) in [5.74, 6) is -2.34. The summed E-state index contributed by atoms with van der Waals surface area (Å²) in [5, 5.41) is 0. The Morgan fingerprint density at radius 2 is 1.72 bits per heavy atom. The van der Waals surface area contributed by atoms with Crippen molar-refractivity contribution in [3.05, 3.63) is 35.9 Å². The number of hydrogen-bond donors (Lipinski definition) is 0. The fourth-order valence-corrected chi connectivity index (χ4v) is 5.76.